The number of likely N-dealkylation sites (N-methyl/N-ethyl adjacent to an activating group) is 1. The van der Waals surface area contributed by atoms with Gasteiger partial charge in [0.1, 0.15) is 0 Å². The maximum Gasteiger partial charge on any atom is 0.0763 e. The minimum Gasteiger partial charge on any atom is -0.377 e. The third kappa shape index (κ3) is 4.81. The summed E-state index contributed by atoms with van der Waals surface area (Å²) in [6.07, 6.45) is 10.5. The second kappa shape index (κ2) is 8.71. The Hall–Kier alpha value is -0.340. The molecule has 100 valence electrons. The van der Waals surface area contributed by atoms with E-state index in [9.17, 15) is 0 Å². The van der Waals surface area contributed by atoms with Crippen LogP contribution >= 0.6 is 0 Å². The SMILES string of the molecule is CCNC(C1=CCCCCC1)C(CC)OCC. The van der Waals surface area contributed by atoms with Crippen molar-refractivity contribution in [3.8, 4) is 0 Å². The Labute approximate surface area is 107 Å². The fourth-order valence-corrected chi connectivity index (χ4v) is 2.71. The molecule has 1 N–H and O–H groups in total. The van der Waals surface area contributed by atoms with Crippen molar-refractivity contribution in [1.29, 1.82) is 0 Å². The van der Waals surface area contributed by atoms with Gasteiger partial charge in [-0.1, -0.05) is 31.9 Å². The number of allylic oxidation sites excluding steroid dienone is 1. The predicted molar refractivity (Wildman–Crippen MR) is 74.3 cm³/mol. The molecule has 0 saturated carbocycles. The number of ether oxygens (including phenoxy) is 1. The fraction of sp³-hybridized carbons (Fsp3) is 0.867. The second-order valence-corrected chi connectivity index (χ2v) is 4.82. The van der Waals surface area contributed by atoms with Crippen molar-refractivity contribution in [3.05, 3.63) is 11.6 Å². The van der Waals surface area contributed by atoms with Crippen molar-refractivity contribution < 1.29 is 4.74 Å². The van der Waals surface area contributed by atoms with E-state index in [4.69, 9.17) is 4.74 Å². The smallest absolute Gasteiger partial charge is 0.0763 e. The van der Waals surface area contributed by atoms with Crippen LogP contribution in [0.15, 0.2) is 11.6 Å². The summed E-state index contributed by atoms with van der Waals surface area (Å²) in [7, 11) is 0. The van der Waals surface area contributed by atoms with Gasteiger partial charge in [-0.25, -0.2) is 0 Å². The van der Waals surface area contributed by atoms with Gasteiger partial charge in [0.15, 0.2) is 0 Å². The molecule has 1 aliphatic rings. The molecule has 0 aliphatic heterocycles. The van der Waals surface area contributed by atoms with Gasteiger partial charge < -0.3 is 10.1 Å². The molecule has 0 aromatic rings. The van der Waals surface area contributed by atoms with Crippen LogP contribution in [-0.2, 0) is 4.74 Å². The van der Waals surface area contributed by atoms with Gasteiger partial charge in [-0.15, -0.1) is 0 Å². The van der Waals surface area contributed by atoms with Gasteiger partial charge in [0.25, 0.3) is 0 Å². The molecule has 2 atom stereocenters. The Morgan fingerprint density at radius 2 is 2.06 bits per heavy atom. The minimum atomic E-state index is 0.337. The normalized spacial score (nSPS) is 20.5. The summed E-state index contributed by atoms with van der Waals surface area (Å²) in [5, 5.41) is 3.62. The van der Waals surface area contributed by atoms with Gasteiger partial charge in [-0.3, -0.25) is 0 Å². The van der Waals surface area contributed by atoms with E-state index in [2.05, 4.69) is 32.2 Å². The minimum absolute atomic E-state index is 0.337. The molecule has 0 aromatic heterocycles. The highest BCUT2D eigenvalue weighted by molar-refractivity contribution is 5.14. The van der Waals surface area contributed by atoms with E-state index in [-0.39, 0.29) is 0 Å². The van der Waals surface area contributed by atoms with Crippen LogP contribution < -0.4 is 5.32 Å². The molecule has 2 nitrogen and oxygen atoms in total. The first-order valence-electron chi connectivity index (χ1n) is 7.37. The number of hydrogen-bond acceptors (Lipinski definition) is 2. The average Bonchev–Trinajstić information content (AvgIpc) is 2.62. The van der Waals surface area contributed by atoms with Crippen LogP contribution in [0.25, 0.3) is 0 Å². The maximum atomic E-state index is 5.90. The summed E-state index contributed by atoms with van der Waals surface area (Å²) in [5.74, 6) is 0. The summed E-state index contributed by atoms with van der Waals surface area (Å²) < 4.78 is 5.90. The van der Waals surface area contributed by atoms with Gasteiger partial charge in [-0.05, 0) is 45.6 Å². The van der Waals surface area contributed by atoms with Crippen LogP contribution in [0.1, 0.15) is 59.3 Å². The van der Waals surface area contributed by atoms with E-state index in [1.54, 1.807) is 5.57 Å². The molecule has 0 bridgehead atoms. The third-order valence-electron chi connectivity index (χ3n) is 3.55. The molecule has 17 heavy (non-hydrogen) atoms. The molecule has 0 fully saturated rings. The lowest BCUT2D eigenvalue weighted by Crippen LogP contribution is -2.42. The maximum absolute atomic E-state index is 5.90. The molecule has 1 aliphatic carbocycles. The Morgan fingerprint density at radius 1 is 1.24 bits per heavy atom. The molecule has 0 aromatic carbocycles. The molecular weight excluding hydrogens is 210 g/mol. The van der Waals surface area contributed by atoms with Crippen LogP contribution in [0.2, 0.25) is 0 Å². The van der Waals surface area contributed by atoms with Gasteiger partial charge in [0, 0.05) is 6.61 Å². The Kier molecular flexibility index (Phi) is 7.54. The summed E-state index contributed by atoms with van der Waals surface area (Å²) in [4.78, 5) is 0. The highest BCUT2D eigenvalue weighted by atomic mass is 16.5. The summed E-state index contributed by atoms with van der Waals surface area (Å²) in [6, 6.07) is 0.433. The predicted octanol–water partition coefficient (Wildman–Crippen LogP) is 3.67. The molecule has 2 heteroatoms. The lowest BCUT2D eigenvalue weighted by molar-refractivity contribution is 0.0403. The molecule has 0 heterocycles. The number of rotatable bonds is 7. The van der Waals surface area contributed by atoms with Crippen LogP contribution in [0.5, 0.6) is 0 Å². The zero-order valence-electron chi connectivity index (χ0n) is 11.8. The molecule has 0 amide bonds. The van der Waals surface area contributed by atoms with Crippen LogP contribution in [0, 0.1) is 0 Å². The molecule has 0 saturated heterocycles. The zero-order valence-corrected chi connectivity index (χ0v) is 11.8. The van der Waals surface area contributed by atoms with Crippen molar-refractivity contribution in [3.63, 3.8) is 0 Å². The quantitative estimate of drug-likeness (QED) is 0.684. The van der Waals surface area contributed by atoms with Gasteiger partial charge in [0.2, 0.25) is 0 Å². The topological polar surface area (TPSA) is 21.3 Å². The monoisotopic (exact) mass is 239 g/mol. The summed E-state index contributed by atoms with van der Waals surface area (Å²) in [6.45, 7) is 8.33. The molecule has 1 rings (SSSR count). The zero-order chi connectivity index (χ0) is 12.5. The third-order valence-corrected chi connectivity index (χ3v) is 3.55. The van der Waals surface area contributed by atoms with Gasteiger partial charge in [-0.2, -0.15) is 0 Å². The largest absolute Gasteiger partial charge is 0.377 e. The molecule has 2 unspecified atom stereocenters. The first kappa shape index (κ1) is 14.7. The van der Waals surface area contributed by atoms with Crippen molar-refractivity contribution >= 4 is 0 Å². The molecular formula is C15H29NO. The van der Waals surface area contributed by atoms with Crippen LogP contribution in [0.3, 0.4) is 0 Å². The number of nitrogens with one attached hydrogen (secondary N) is 1. The van der Waals surface area contributed by atoms with Crippen molar-refractivity contribution in [1.82, 2.24) is 5.32 Å². The Bertz CT molecular complexity index is 225. The lowest BCUT2D eigenvalue weighted by atomic mass is 9.95. The van der Waals surface area contributed by atoms with E-state index in [1.807, 2.05) is 0 Å². The molecule has 0 spiro atoms. The van der Waals surface area contributed by atoms with Crippen molar-refractivity contribution in [2.24, 2.45) is 0 Å². The van der Waals surface area contributed by atoms with E-state index in [1.165, 1.54) is 32.1 Å². The summed E-state index contributed by atoms with van der Waals surface area (Å²) in [5.41, 5.74) is 1.59. The first-order valence-corrected chi connectivity index (χ1v) is 7.37. The summed E-state index contributed by atoms with van der Waals surface area (Å²) >= 11 is 0. The Balaban J connectivity index is 2.70. The Morgan fingerprint density at radius 3 is 2.71 bits per heavy atom. The second-order valence-electron chi connectivity index (χ2n) is 4.82. The highest BCUT2D eigenvalue weighted by Gasteiger charge is 2.23. The number of hydrogen-bond donors (Lipinski definition) is 1. The van der Waals surface area contributed by atoms with Crippen molar-refractivity contribution in [2.75, 3.05) is 13.2 Å². The average molecular weight is 239 g/mol. The molecule has 0 radical (unpaired) electrons. The van der Waals surface area contributed by atoms with Gasteiger partial charge in [0.05, 0.1) is 12.1 Å². The van der Waals surface area contributed by atoms with E-state index < -0.39 is 0 Å². The van der Waals surface area contributed by atoms with E-state index >= 15 is 0 Å². The van der Waals surface area contributed by atoms with E-state index in [0.29, 0.717) is 12.1 Å². The van der Waals surface area contributed by atoms with E-state index in [0.717, 1.165) is 19.6 Å². The van der Waals surface area contributed by atoms with Crippen molar-refractivity contribution in [2.45, 2.75) is 71.4 Å². The van der Waals surface area contributed by atoms with Crippen LogP contribution in [0.4, 0.5) is 0 Å². The standard InChI is InChI=1S/C15H29NO/c1-4-14(17-6-3)15(16-5-2)13-11-9-7-8-10-12-13/h11,14-16H,4-10,12H2,1-3H3. The first-order chi connectivity index (χ1) is 8.33. The lowest BCUT2D eigenvalue weighted by Gasteiger charge is -2.29. The van der Waals surface area contributed by atoms with Gasteiger partial charge >= 0.3 is 0 Å². The fourth-order valence-electron chi connectivity index (χ4n) is 2.71. The highest BCUT2D eigenvalue weighted by Crippen LogP contribution is 2.23. The van der Waals surface area contributed by atoms with Crippen LogP contribution in [-0.4, -0.2) is 25.3 Å².